The third-order valence-corrected chi connectivity index (χ3v) is 3.03. The minimum atomic E-state index is -4.39. The van der Waals surface area contributed by atoms with Gasteiger partial charge in [0.2, 0.25) is 11.8 Å². The first-order valence-corrected chi connectivity index (χ1v) is 6.70. The van der Waals surface area contributed by atoms with E-state index in [1.807, 2.05) is 13.8 Å². The van der Waals surface area contributed by atoms with Crippen LogP contribution in [0.4, 0.5) is 13.2 Å². The summed E-state index contributed by atoms with van der Waals surface area (Å²) >= 11 is 0. The first kappa shape index (κ1) is 15.5. The summed E-state index contributed by atoms with van der Waals surface area (Å²) in [6, 6.07) is 4.76. The van der Waals surface area contributed by atoms with Gasteiger partial charge in [-0.3, -0.25) is 0 Å². The molecular formula is C14H16F3N3O. The first-order valence-electron chi connectivity index (χ1n) is 6.70. The fourth-order valence-electron chi connectivity index (χ4n) is 1.97. The molecule has 1 atom stereocenters. The van der Waals surface area contributed by atoms with E-state index in [0.29, 0.717) is 5.89 Å². The lowest BCUT2D eigenvalue weighted by molar-refractivity contribution is -0.137. The van der Waals surface area contributed by atoms with Crippen LogP contribution in [0.25, 0.3) is 11.5 Å². The number of nitrogens with one attached hydrogen (secondary N) is 1. The molecule has 0 aliphatic rings. The molecule has 0 aliphatic carbocycles. The number of aromatic nitrogens is 2. The van der Waals surface area contributed by atoms with Crippen LogP contribution in [0.5, 0.6) is 0 Å². The Morgan fingerprint density at radius 3 is 2.62 bits per heavy atom. The van der Waals surface area contributed by atoms with Gasteiger partial charge in [-0.1, -0.05) is 19.9 Å². The molecule has 1 N–H and O–H groups in total. The van der Waals surface area contributed by atoms with Gasteiger partial charge in [0.25, 0.3) is 0 Å². The molecular weight excluding hydrogens is 283 g/mol. The predicted octanol–water partition coefficient (Wildman–Crippen LogP) is 3.82. The summed E-state index contributed by atoms with van der Waals surface area (Å²) in [5, 5.41) is 10.9. The van der Waals surface area contributed by atoms with Crippen molar-refractivity contribution in [3.8, 4) is 11.5 Å². The average Bonchev–Trinajstić information content (AvgIpc) is 2.93. The highest BCUT2D eigenvalue weighted by Crippen LogP contribution is 2.32. The molecule has 4 nitrogen and oxygen atoms in total. The zero-order valence-corrected chi connectivity index (χ0v) is 11.7. The molecule has 0 amide bonds. The van der Waals surface area contributed by atoms with Crippen molar-refractivity contribution in [2.24, 2.45) is 0 Å². The smallest absolute Gasteiger partial charge is 0.416 e. The molecule has 0 saturated carbocycles. The van der Waals surface area contributed by atoms with Crippen LogP contribution in [0, 0.1) is 0 Å². The molecule has 0 bridgehead atoms. The Balaban J connectivity index is 2.29. The first-order chi connectivity index (χ1) is 9.95. The Kier molecular flexibility index (Phi) is 4.62. The third-order valence-electron chi connectivity index (χ3n) is 3.03. The normalized spacial score (nSPS) is 13.4. The van der Waals surface area contributed by atoms with Crippen LogP contribution in [0.1, 0.15) is 37.8 Å². The average molecular weight is 299 g/mol. The number of halogens is 3. The van der Waals surface area contributed by atoms with Gasteiger partial charge < -0.3 is 9.73 Å². The fraction of sp³-hybridized carbons (Fsp3) is 0.429. The van der Waals surface area contributed by atoms with E-state index in [1.54, 1.807) is 0 Å². The summed E-state index contributed by atoms with van der Waals surface area (Å²) in [6.07, 6.45) is -3.65. The summed E-state index contributed by atoms with van der Waals surface area (Å²) in [5.41, 5.74) is -0.478. The Morgan fingerprint density at radius 2 is 2.00 bits per heavy atom. The van der Waals surface area contributed by atoms with Gasteiger partial charge in [0.05, 0.1) is 11.6 Å². The van der Waals surface area contributed by atoms with Crippen molar-refractivity contribution in [2.45, 2.75) is 32.5 Å². The number of nitrogens with zero attached hydrogens (tertiary/aromatic N) is 2. The Morgan fingerprint density at radius 1 is 1.24 bits per heavy atom. The summed E-state index contributed by atoms with van der Waals surface area (Å²) in [6.45, 7) is 4.65. The number of rotatable bonds is 5. The van der Waals surface area contributed by atoms with Crippen molar-refractivity contribution in [3.63, 3.8) is 0 Å². The van der Waals surface area contributed by atoms with Gasteiger partial charge in [-0.25, -0.2) is 0 Å². The maximum absolute atomic E-state index is 12.7. The van der Waals surface area contributed by atoms with Gasteiger partial charge in [0.15, 0.2) is 0 Å². The van der Waals surface area contributed by atoms with Gasteiger partial charge in [0.1, 0.15) is 0 Å². The molecule has 21 heavy (non-hydrogen) atoms. The van der Waals surface area contributed by atoms with Crippen molar-refractivity contribution in [1.29, 1.82) is 0 Å². The standard InChI is InChI=1S/C14H16F3N3O/c1-3-11(18-4-2)13-20-19-12(21-13)9-6-5-7-10(8-9)14(15,16)17/h5-8,11,18H,3-4H2,1-2H3. The molecule has 0 fully saturated rings. The minimum absolute atomic E-state index is 0.0902. The Bertz CT molecular complexity index is 595. The van der Waals surface area contributed by atoms with Gasteiger partial charge in [0, 0.05) is 5.56 Å². The zero-order valence-electron chi connectivity index (χ0n) is 11.7. The number of alkyl halides is 3. The summed E-state index contributed by atoms with van der Waals surface area (Å²) in [5.74, 6) is 0.471. The molecule has 1 aromatic carbocycles. The zero-order chi connectivity index (χ0) is 15.5. The van der Waals surface area contributed by atoms with Crippen LogP contribution in [0.15, 0.2) is 28.7 Å². The van der Waals surface area contributed by atoms with E-state index >= 15 is 0 Å². The van der Waals surface area contributed by atoms with Crippen LogP contribution in [0.2, 0.25) is 0 Å². The van der Waals surface area contributed by atoms with E-state index in [4.69, 9.17) is 4.42 Å². The topological polar surface area (TPSA) is 51.0 Å². The maximum atomic E-state index is 12.7. The summed E-state index contributed by atoms with van der Waals surface area (Å²) in [7, 11) is 0. The molecule has 1 aromatic heterocycles. The van der Waals surface area contributed by atoms with Crippen molar-refractivity contribution in [1.82, 2.24) is 15.5 Å². The van der Waals surface area contributed by atoms with Crippen LogP contribution in [-0.4, -0.2) is 16.7 Å². The number of hydrogen-bond acceptors (Lipinski definition) is 4. The highest BCUT2D eigenvalue weighted by atomic mass is 19.4. The highest BCUT2D eigenvalue weighted by Gasteiger charge is 2.31. The predicted molar refractivity (Wildman–Crippen MR) is 71.4 cm³/mol. The minimum Gasteiger partial charge on any atom is -0.419 e. The molecule has 0 radical (unpaired) electrons. The summed E-state index contributed by atoms with van der Waals surface area (Å²) < 4.78 is 43.6. The van der Waals surface area contributed by atoms with Crippen LogP contribution in [0.3, 0.4) is 0 Å². The molecule has 2 rings (SSSR count). The molecule has 2 aromatic rings. The SMILES string of the molecule is CCNC(CC)c1nnc(-c2cccc(C(F)(F)F)c2)o1. The quantitative estimate of drug-likeness (QED) is 0.912. The second kappa shape index (κ2) is 6.26. The van der Waals surface area contributed by atoms with Crippen molar-refractivity contribution in [3.05, 3.63) is 35.7 Å². The van der Waals surface area contributed by atoms with E-state index in [2.05, 4.69) is 15.5 Å². The summed E-state index contributed by atoms with van der Waals surface area (Å²) in [4.78, 5) is 0. The van der Waals surface area contributed by atoms with Gasteiger partial charge >= 0.3 is 6.18 Å². The van der Waals surface area contributed by atoms with Crippen LogP contribution >= 0.6 is 0 Å². The second-order valence-corrected chi connectivity index (χ2v) is 4.54. The van der Waals surface area contributed by atoms with Gasteiger partial charge in [-0.2, -0.15) is 13.2 Å². The monoisotopic (exact) mass is 299 g/mol. The Hall–Kier alpha value is -1.89. The molecule has 0 aliphatic heterocycles. The molecule has 0 saturated heterocycles. The molecule has 1 heterocycles. The lowest BCUT2D eigenvalue weighted by Crippen LogP contribution is -2.20. The van der Waals surface area contributed by atoms with Crippen molar-refractivity contribution in [2.75, 3.05) is 6.54 Å². The Labute approximate surface area is 120 Å². The lowest BCUT2D eigenvalue weighted by Gasteiger charge is -2.10. The van der Waals surface area contributed by atoms with E-state index in [0.717, 1.165) is 25.1 Å². The largest absolute Gasteiger partial charge is 0.419 e. The van der Waals surface area contributed by atoms with E-state index in [-0.39, 0.29) is 17.5 Å². The van der Waals surface area contributed by atoms with Crippen molar-refractivity contribution < 1.29 is 17.6 Å². The van der Waals surface area contributed by atoms with E-state index in [1.165, 1.54) is 12.1 Å². The van der Waals surface area contributed by atoms with Crippen molar-refractivity contribution >= 4 is 0 Å². The van der Waals surface area contributed by atoms with E-state index < -0.39 is 11.7 Å². The lowest BCUT2D eigenvalue weighted by atomic mass is 10.1. The molecule has 7 heteroatoms. The van der Waals surface area contributed by atoms with Crippen LogP contribution < -0.4 is 5.32 Å². The molecule has 0 spiro atoms. The highest BCUT2D eigenvalue weighted by molar-refractivity contribution is 5.54. The number of benzene rings is 1. The maximum Gasteiger partial charge on any atom is 0.416 e. The second-order valence-electron chi connectivity index (χ2n) is 4.54. The molecule has 114 valence electrons. The van der Waals surface area contributed by atoms with Crippen LogP contribution in [-0.2, 0) is 6.18 Å². The molecule has 1 unspecified atom stereocenters. The third kappa shape index (κ3) is 3.60. The fourth-order valence-corrected chi connectivity index (χ4v) is 1.97. The number of hydrogen-bond donors (Lipinski definition) is 1. The van der Waals surface area contributed by atoms with Gasteiger partial charge in [-0.05, 0) is 31.2 Å². The van der Waals surface area contributed by atoms with Gasteiger partial charge in [-0.15, -0.1) is 10.2 Å². The van der Waals surface area contributed by atoms with E-state index in [9.17, 15) is 13.2 Å².